The number of pyridine rings is 2. The van der Waals surface area contributed by atoms with Gasteiger partial charge in [0.15, 0.2) is 5.82 Å². The molecule has 0 bridgehead atoms. The second-order valence-corrected chi connectivity index (χ2v) is 12.0. The first-order chi connectivity index (χ1) is 21.4. The zero-order valence-corrected chi connectivity index (χ0v) is 25.8. The first-order valence-corrected chi connectivity index (χ1v) is 15.4. The van der Waals surface area contributed by atoms with Gasteiger partial charge in [-0.2, -0.15) is 0 Å². The number of ether oxygens (including phenoxy) is 2. The predicted octanol–water partition coefficient (Wildman–Crippen LogP) is 6.19. The molecular weight excluding hydrogens is 555 g/mol. The Bertz CT molecular complexity index is 1750. The number of fused-ring (bicyclic) bond motifs is 2. The highest BCUT2D eigenvalue weighted by molar-refractivity contribution is 6.00. The number of morpholine rings is 2. The lowest BCUT2D eigenvalue weighted by atomic mass is 9.97. The minimum atomic E-state index is -0.328. The van der Waals surface area contributed by atoms with Crippen molar-refractivity contribution in [1.29, 1.82) is 0 Å². The Morgan fingerprint density at radius 1 is 0.955 bits per heavy atom. The summed E-state index contributed by atoms with van der Waals surface area (Å²) in [7, 11) is 2.13. The minimum Gasteiger partial charge on any atom is -0.378 e. The molecule has 4 aromatic rings. The molecule has 5 heterocycles. The van der Waals surface area contributed by atoms with E-state index in [0.717, 1.165) is 84.3 Å². The summed E-state index contributed by atoms with van der Waals surface area (Å²) < 4.78 is 27.4. The lowest BCUT2D eigenvalue weighted by molar-refractivity contribution is 0.122. The third-order valence-corrected chi connectivity index (χ3v) is 9.05. The Labute approximate surface area is 258 Å². The van der Waals surface area contributed by atoms with E-state index < -0.39 is 0 Å². The molecule has 228 valence electrons. The van der Waals surface area contributed by atoms with Crippen LogP contribution in [0.5, 0.6) is 0 Å². The van der Waals surface area contributed by atoms with Crippen LogP contribution in [0.2, 0.25) is 0 Å². The van der Waals surface area contributed by atoms with Crippen LogP contribution in [-0.4, -0.2) is 76.2 Å². The molecule has 0 atom stereocenters. The fourth-order valence-corrected chi connectivity index (χ4v) is 6.53. The largest absolute Gasteiger partial charge is 0.378 e. The molecule has 9 heteroatoms. The lowest BCUT2D eigenvalue weighted by Crippen LogP contribution is -2.38. The normalized spacial score (nSPS) is 16.9. The summed E-state index contributed by atoms with van der Waals surface area (Å²) in [4.78, 5) is 16.9. The van der Waals surface area contributed by atoms with Gasteiger partial charge in [-0.05, 0) is 67.3 Å². The first-order valence-electron chi connectivity index (χ1n) is 15.4. The topological polar surface area (TPSA) is 66.0 Å². The summed E-state index contributed by atoms with van der Waals surface area (Å²) in [5, 5.41) is 4.17. The van der Waals surface area contributed by atoms with E-state index in [-0.39, 0.29) is 5.82 Å². The van der Waals surface area contributed by atoms with Crippen LogP contribution in [0.1, 0.15) is 23.6 Å². The van der Waals surface area contributed by atoms with Gasteiger partial charge in [-0.1, -0.05) is 18.2 Å². The van der Waals surface area contributed by atoms with Gasteiger partial charge in [-0.15, -0.1) is 0 Å². The molecule has 0 amide bonds. The van der Waals surface area contributed by atoms with Crippen molar-refractivity contribution in [2.24, 2.45) is 0 Å². The van der Waals surface area contributed by atoms with Gasteiger partial charge in [0.1, 0.15) is 5.82 Å². The van der Waals surface area contributed by atoms with Gasteiger partial charge in [0.25, 0.3) is 0 Å². The van der Waals surface area contributed by atoms with Crippen LogP contribution in [0.15, 0.2) is 49.2 Å². The van der Waals surface area contributed by atoms with Crippen molar-refractivity contribution in [2.75, 3.05) is 86.2 Å². The number of anilines is 5. The number of hydrogen-bond acceptors (Lipinski definition) is 8. The molecule has 2 saturated heterocycles. The molecule has 0 spiro atoms. The average Bonchev–Trinajstić information content (AvgIpc) is 3.42. The molecule has 3 aliphatic heterocycles. The quantitative estimate of drug-likeness (QED) is 0.284. The molecule has 8 nitrogen and oxygen atoms in total. The summed E-state index contributed by atoms with van der Waals surface area (Å²) >= 11 is 0. The molecule has 0 unspecified atom stereocenters. The van der Waals surface area contributed by atoms with Crippen molar-refractivity contribution in [1.82, 2.24) is 9.97 Å². The zero-order valence-electron chi connectivity index (χ0n) is 25.8. The Kier molecular flexibility index (Phi) is 7.60. The molecule has 0 aliphatic carbocycles. The van der Waals surface area contributed by atoms with E-state index in [0.29, 0.717) is 43.0 Å². The predicted molar refractivity (Wildman–Crippen MR) is 177 cm³/mol. The fourth-order valence-electron chi connectivity index (χ4n) is 6.53. The zero-order chi connectivity index (χ0) is 30.4. The molecule has 2 fully saturated rings. The van der Waals surface area contributed by atoms with Crippen molar-refractivity contribution in [3.8, 4) is 11.3 Å². The van der Waals surface area contributed by atoms with E-state index in [1.165, 1.54) is 11.3 Å². The Morgan fingerprint density at radius 2 is 1.68 bits per heavy atom. The van der Waals surface area contributed by atoms with Crippen LogP contribution < -0.4 is 20.0 Å². The molecule has 3 aliphatic rings. The summed E-state index contributed by atoms with van der Waals surface area (Å²) in [5.74, 6) is 0.502. The van der Waals surface area contributed by atoms with E-state index >= 15 is 4.39 Å². The number of likely N-dealkylation sites (N-methyl/N-ethyl adjacent to an activating group) is 1. The number of allylic oxidation sites excluding steroid dienone is 1. The average molecular weight is 595 g/mol. The smallest absolute Gasteiger partial charge is 0.152 e. The van der Waals surface area contributed by atoms with Gasteiger partial charge in [-0.25, -0.2) is 14.4 Å². The Hall–Kier alpha value is -4.21. The maximum atomic E-state index is 16.1. The van der Waals surface area contributed by atoms with Gasteiger partial charge in [0, 0.05) is 51.0 Å². The Morgan fingerprint density at radius 3 is 2.41 bits per heavy atom. The van der Waals surface area contributed by atoms with Gasteiger partial charge >= 0.3 is 0 Å². The number of nitrogens with one attached hydrogen (secondary N) is 1. The van der Waals surface area contributed by atoms with Crippen molar-refractivity contribution < 1.29 is 13.9 Å². The number of rotatable bonds is 6. The molecular formula is C35H39FN6O2. The van der Waals surface area contributed by atoms with Crippen molar-refractivity contribution in [3.05, 3.63) is 71.7 Å². The number of nitrogens with zero attached hydrogens (tertiary/aromatic N) is 5. The van der Waals surface area contributed by atoms with Crippen LogP contribution >= 0.6 is 0 Å². The van der Waals surface area contributed by atoms with Crippen LogP contribution in [0.25, 0.3) is 27.7 Å². The second kappa shape index (κ2) is 11.7. The van der Waals surface area contributed by atoms with E-state index in [2.05, 4.69) is 57.9 Å². The van der Waals surface area contributed by atoms with E-state index in [1.54, 1.807) is 6.07 Å². The molecule has 1 N–H and O–H groups in total. The molecule has 0 radical (unpaired) electrons. The van der Waals surface area contributed by atoms with E-state index in [9.17, 15) is 0 Å². The summed E-state index contributed by atoms with van der Waals surface area (Å²) in [5.41, 5.74) is 9.96. The number of hydrogen-bond donors (Lipinski definition) is 1. The van der Waals surface area contributed by atoms with Gasteiger partial charge < -0.3 is 29.5 Å². The number of halogens is 1. The van der Waals surface area contributed by atoms with Crippen molar-refractivity contribution in [2.45, 2.75) is 20.3 Å². The standard InChI is InChI=1S/C35H39FN6O2/c1-22(2)26-18-28(36)32-29(19-26)38-33(25-5-6-31-24(17-25)7-8-40(31)4)23(3)34(32)39-30-20-27(41-9-13-43-14-10-41)21-37-35(30)42-11-15-44-16-12-42/h5-6,17-21H,1,7-16H2,2-4H3,(H,38,39). The summed E-state index contributed by atoms with van der Waals surface area (Å²) in [6.07, 6.45) is 2.93. The highest BCUT2D eigenvalue weighted by Crippen LogP contribution is 2.41. The highest BCUT2D eigenvalue weighted by atomic mass is 19.1. The van der Waals surface area contributed by atoms with Gasteiger partial charge in [0.2, 0.25) is 0 Å². The van der Waals surface area contributed by atoms with E-state index in [1.807, 2.05) is 26.1 Å². The van der Waals surface area contributed by atoms with Crippen LogP contribution in [0, 0.1) is 12.7 Å². The summed E-state index contributed by atoms with van der Waals surface area (Å²) in [6.45, 7) is 14.7. The maximum Gasteiger partial charge on any atom is 0.152 e. The van der Waals surface area contributed by atoms with E-state index in [4.69, 9.17) is 19.4 Å². The monoisotopic (exact) mass is 594 g/mol. The van der Waals surface area contributed by atoms with Crippen molar-refractivity contribution >= 4 is 45.0 Å². The third-order valence-electron chi connectivity index (χ3n) is 9.05. The van der Waals surface area contributed by atoms with Crippen LogP contribution in [-0.2, 0) is 15.9 Å². The van der Waals surface area contributed by atoms with Gasteiger partial charge in [-0.3, -0.25) is 0 Å². The summed E-state index contributed by atoms with van der Waals surface area (Å²) in [6, 6.07) is 12.2. The number of benzene rings is 2. The second-order valence-electron chi connectivity index (χ2n) is 12.0. The van der Waals surface area contributed by atoms with Crippen molar-refractivity contribution in [3.63, 3.8) is 0 Å². The molecule has 7 rings (SSSR count). The lowest BCUT2D eigenvalue weighted by Gasteiger charge is -2.32. The third kappa shape index (κ3) is 5.24. The maximum absolute atomic E-state index is 16.1. The fraction of sp³-hybridized carbons (Fsp3) is 0.371. The molecule has 44 heavy (non-hydrogen) atoms. The van der Waals surface area contributed by atoms with Crippen LogP contribution in [0.3, 0.4) is 0 Å². The molecule has 2 aromatic carbocycles. The highest BCUT2D eigenvalue weighted by Gasteiger charge is 2.24. The van der Waals surface area contributed by atoms with Crippen LogP contribution in [0.4, 0.5) is 33.0 Å². The number of aromatic nitrogens is 2. The molecule has 0 saturated carbocycles. The molecule has 2 aromatic heterocycles. The van der Waals surface area contributed by atoms with Gasteiger partial charge in [0.05, 0.1) is 66.3 Å². The first kappa shape index (κ1) is 28.6. The Balaban J connectivity index is 1.41. The minimum absolute atomic E-state index is 0.328. The SMILES string of the molecule is C=C(C)c1cc(F)c2c(Nc3cc(N4CCOCC4)cnc3N3CCOCC3)c(C)c(-c3ccc4c(c3)CCN4C)nc2c1.